The van der Waals surface area contributed by atoms with Crippen LogP contribution in [0.15, 0.2) is 11.6 Å². The maximum atomic E-state index is 10.9. The van der Waals surface area contributed by atoms with E-state index in [2.05, 4.69) is 33.8 Å². The van der Waals surface area contributed by atoms with E-state index in [0.29, 0.717) is 37.2 Å². The van der Waals surface area contributed by atoms with E-state index in [1.165, 1.54) is 24.8 Å². The third kappa shape index (κ3) is 12.3. The predicted octanol–water partition coefficient (Wildman–Crippen LogP) is 7.00. The van der Waals surface area contributed by atoms with Crippen molar-refractivity contribution in [3.63, 3.8) is 0 Å². The van der Waals surface area contributed by atoms with Gasteiger partial charge in [0.15, 0.2) is 0 Å². The van der Waals surface area contributed by atoms with Crippen molar-refractivity contribution in [2.45, 2.75) is 137 Å². The van der Waals surface area contributed by atoms with Gasteiger partial charge in [0, 0.05) is 6.61 Å². The van der Waals surface area contributed by atoms with Gasteiger partial charge in [-0.25, -0.2) is 0 Å². The van der Waals surface area contributed by atoms with Crippen LogP contribution in [0.25, 0.3) is 0 Å². The fraction of sp³-hybridized carbons (Fsp3) is 0.900. The van der Waals surface area contributed by atoms with Crippen LogP contribution in [0.1, 0.15) is 119 Å². The summed E-state index contributed by atoms with van der Waals surface area (Å²) in [6.45, 7) is 15.4. The predicted molar refractivity (Wildman–Crippen MR) is 144 cm³/mol. The Labute approximate surface area is 215 Å². The van der Waals surface area contributed by atoms with E-state index in [4.69, 9.17) is 9.84 Å². The first-order valence-corrected chi connectivity index (χ1v) is 14.3. The molecule has 1 rings (SSSR count). The maximum absolute atomic E-state index is 10.9. The molecule has 5 heteroatoms. The van der Waals surface area contributed by atoms with Gasteiger partial charge in [0.2, 0.25) is 0 Å². The summed E-state index contributed by atoms with van der Waals surface area (Å²) in [6, 6.07) is 0. The van der Waals surface area contributed by atoms with Crippen LogP contribution in [0, 0.1) is 29.6 Å². The van der Waals surface area contributed by atoms with E-state index in [0.717, 1.165) is 38.5 Å². The molecule has 8 unspecified atom stereocenters. The first-order chi connectivity index (χ1) is 16.4. The van der Waals surface area contributed by atoms with Gasteiger partial charge in [0.1, 0.15) is 0 Å². The lowest BCUT2D eigenvalue weighted by Gasteiger charge is -2.37. The Morgan fingerprint density at radius 1 is 0.971 bits per heavy atom. The van der Waals surface area contributed by atoms with E-state index in [1.807, 2.05) is 13.8 Å². The van der Waals surface area contributed by atoms with E-state index >= 15 is 0 Å². The van der Waals surface area contributed by atoms with Gasteiger partial charge in [-0.3, -0.25) is 4.79 Å². The standard InChI is InChI=1S/C30H56O5/c1-8-35-28-25(6)24(5)27(31)20-26(28)17-16-22(3)13-9-12-21(2)14-10-18-30(7,34)19-11-15-23(4)29(32)33/h20-25,27-28,31,34H,8-19H2,1-7H3,(H,32,33). The molecule has 0 saturated carbocycles. The van der Waals surface area contributed by atoms with Crippen LogP contribution in [0.5, 0.6) is 0 Å². The van der Waals surface area contributed by atoms with Crippen molar-refractivity contribution >= 4 is 5.97 Å². The van der Waals surface area contributed by atoms with E-state index < -0.39 is 11.6 Å². The van der Waals surface area contributed by atoms with Crippen LogP contribution >= 0.6 is 0 Å². The monoisotopic (exact) mass is 496 g/mol. The van der Waals surface area contributed by atoms with Gasteiger partial charge in [-0.2, -0.15) is 0 Å². The summed E-state index contributed by atoms with van der Waals surface area (Å²) in [5.74, 6) is 0.805. The highest BCUT2D eigenvalue weighted by Gasteiger charge is 2.34. The minimum atomic E-state index is -0.753. The number of hydrogen-bond acceptors (Lipinski definition) is 4. The van der Waals surface area contributed by atoms with Crippen molar-refractivity contribution in [1.82, 2.24) is 0 Å². The minimum Gasteiger partial charge on any atom is -0.481 e. The molecule has 0 aromatic heterocycles. The third-order valence-corrected chi connectivity index (χ3v) is 8.45. The Balaban J connectivity index is 2.26. The Morgan fingerprint density at radius 3 is 2.09 bits per heavy atom. The second kappa shape index (κ2) is 16.0. The quantitative estimate of drug-likeness (QED) is 0.178. The van der Waals surface area contributed by atoms with Crippen LogP contribution in [0.3, 0.4) is 0 Å². The number of ether oxygens (including phenoxy) is 1. The van der Waals surface area contributed by atoms with Gasteiger partial charge in [0.25, 0.3) is 0 Å². The average Bonchev–Trinajstić information content (AvgIpc) is 2.78. The number of hydrogen-bond donors (Lipinski definition) is 3. The number of aliphatic carboxylic acids is 1. The molecule has 206 valence electrons. The zero-order chi connectivity index (χ0) is 26.6. The molecule has 5 nitrogen and oxygen atoms in total. The van der Waals surface area contributed by atoms with Crippen molar-refractivity contribution in [3.8, 4) is 0 Å². The molecule has 0 aromatic carbocycles. The molecule has 8 atom stereocenters. The first-order valence-electron chi connectivity index (χ1n) is 14.3. The third-order valence-electron chi connectivity index (χ3n) is 8.45. The molecule has 1 aliphatic rings. The van der Waals surface area contributed by atoms with Crippen molar-refractivity contribution in [3.05, 3.63) is 11.6 Å². The van der Waals surface area contributed by atoms with Crippen molar-refractivity contribution in [1.29, 1.82) is 0 Å². The SMILES string of the molecule is CCOC1C(CCC(C)CCCC(C)CCCC(C)(O)CCCC(C)C(=O)O)=CC(O)C(C)C1C. The lowest BCUT2D eigenvalue weighted by atomic mass is 9.76. The number of carbonyl (C=O) groups is 1. The summed E-state index contributed by atoms with van der Waals surface area (Å²) in [7, 11) is 0. The van der Waals surface area contributed by atoms with Gasteiger partial charge >= 0.3 is 5.97 Å². The maximum Gasteiger partial charge on any atom is 0.306 e. The molecule has 3 N–H and O–H groups in total. The fourth-order valence-corrected chi connectivity index (χ4v) is 5.44. The largest absolute Gasteiger partial charge is 0.481 e. The molecule has 0 radical (unpaired) electrons. The van der Waals surface area contributed by atoms with Gasteiger partial charge < -0.3 is 20.1 Å². The second-order valence-electron chi connectivity index (χ2n) is 12.0. The topological polar surface area (TPSA) is 87.0 Å². The summed E-state index contributed by atoms with van der Waals surface area (Å²) in [5, 5.41) is 30.0. The number of aliphatic hydroxyl groups is 2. The van der Waals surface area contributed by atoms with Crippen molar-refractivity contribution in [2.75, 3.05) is 6.61 Å². The van der Waals surface area contributed by atoms with Crippen molar-refractivity contribution < 1.29 is 24.9 Å². The summed E-state index contributed by atoms with van der Waals surface area (Å²) >= 11 is 0. The molecule has 0 heterocycles. The Morgan fingerprint density at radius 2 is 1.51 bits per heavy atom. The molecule has 0 saturated heterocycles. The van der Waals surface area contributed by atoms with Gasteiger partial charge in [-0.1, -0.05) is 72.8 Å². The van der Waals surface area contributed by atoms with Gasteiger partial charge in [-0.15, -0.1) is 0 Å². The molecule has 1 aliphatic carbocycles. The Hall–Kier alpha value is -0.910. The number of rotatable bonds is 18. The number of carboxylic acid groups (broad SMARTS) is 1. The number of carboxylic acids is 1. The minimum absolute atomic E-state index is 0.142. The molecule has 0 aliphatic heterocycles. The average molecular weight is 497 g/mol. The lowest BCUT2D eigenvalue weighted by molar-refractivity contribution is -0.141. The summed E-state index contributed by atoms with van der Waals surface area (Å²) < 4.78 is 6.05. The lowest BCUT2D eigenvalue weighted by Crippen LogP contribution is -2.39. The van der Waals surface area contributed by atoms with Crippen LogP contribution < -0.4 is 0 Å². The molecule has 0 amide bonds. The van der Waals surface area contributed by atoms with Crippen LogP contribution in [0.2, 0.25) is 0 Å². The Bertz CT molecular complexity index is 628. The van der Waals surface area contributed by atoms with E-state index in [1.54, 1.807) is 6.92 Å². The van der Waals surface area contributed by atoms with Gasteiger partial charge in [0.05, 0.1) is 23.7 Å². The normalized spacial score (nSPS) is 27.1. The summed E-state index contributed by atoms with van der Waals surface area (Å²) in [4.78, 5) is 10.9. The molecule has 0 aromatic rings. The van der Waals surface area contributed by atoms with Gasteiger partial charge in [-0.05, 0) is 81.6 Å². The van der Waals surface area contributed by atoms with Crippen LogP contribution in [0.4, 0.5) is 0 Å². The highest BCUT2D eigenvalue weighted by molar-refractivity contribution is 5.69. The van der Waals surface area contributed by atoms with E-state index in [9.17, 15) is 15.0 Å². The zero-order valence-electron chi connectivity index (χ0n) is 23.8. The fourth-order valence-electron chi connectivity index (χ4n) is 5.44. The first kappa shape index (κ1) is 32.1. The number of aliphatic hydroxyl groups excluding tert-OH is 1. The zero-order valence-corrected chi connectivity index (χ0v) is 23.8. The molecular formula is C30H56O5. The van der Waals surface area contributed by atoms with Crippen LogP contribution in [-0.2, 0) is 9.53 Å². The molecule has 0 spiro atoms. The second-order valence-corrected chi connectivity index (χ2v) is 12.0. The summed E-state index contributed by atoms with van der Waals surface area (Å²) in [6.07, 6.45) is 12.7. The van der Waals surface area contributed by atoms with Crippen LogP contribution in [-0.4, -0.2) is 45.7 Å². The smallest absolute Gasteiger partial charge is 0.306 e. The van der Waals surface area contributed by atoms with Crippen molar-refractivity contribution in [2.24, 2.45) is 29.6 Å². The molecular weight excluding hydrogens is 440 g/mol. The molecule has 0 fully saturated rings. The summed E-state index contributed by atoms with van der Waals surface area (Å²) in [5.41, 5.74) is 0.595. The molecule has 35 heavy (non-hydrogen) atoms. The van der Waals surface area contributed by atoms with E-state index in [-0.39, 0.29) is 24.0 Å². The highest BCUT2D eigenvalue weighted by Crippen LogP contribution is 2.35. The Kier molecular flexibility index (Phi) is 14.7. The molecule has 0 bridgehead atoms. The highest BCUT2D eigenvalue weighted by atomic mass is 16.5.